The van der Waals surface area contributed by atoms with Gasteiger partial charge < -0.3 is 15.8 Å². The number of nitro benzene ring substituents is 1. The molecule has 1 aliphatic carbocycles. The number of rotatable bonds is 3. The summed E-state index contributed by atoms with van der Waals surface area (Å²) in [4.78, 5) is 10.4. The predicted molar refractivity (Wildman–Crippen MR) is 71.0 cm³/mol. The van der Waals surface area contributed by atoms with Gasteiger partial charge in [-0.3, -0.25) is 10.1 Å². The number of fused-ring (bicyclic) bond motifs is 1. The number of halogens is 1. The molecule has 20 heavy (non-hydrogen) atoms. The number of hydrogen-bond donors (Lipinski definition) is 2. The van der Waals surface area contributed by atoms with Crippen LogP contribution in [0.5, 0.6) is 0 Å². The third-order valence-corrected chi connectivity index (χ3v) is 4.24. The number of nitrogens with two attached hydrogens (primary N) is 1. The average Bonchev–Trinajstić information content (AvgIpc) is 2.83. The molecule has 1 aromatic carbocycles. The Morgan fingerprint density at radius 2 is 2.30 bits per heavy atom. The average molecular weight is 281 g/mol. The number of nitro groups is 1. The summed E-state index contributed by atoms with van der Waals surface area (Å²) in [6.07, 6.45) is 0.920. The minimum Gasteiger partial charge on any atom is -0.376 e. The van der Waals surface area contributed by atoms with Crippen molar-refractivity contribution in [3.05, 3.63) is 33.6 Å². The van der Waals surface area contributed by atoms with Crippen LogP contribution in [0.15, 0.2) is 12.1 Å². The largest absolute Gasteiger partial charge is 0.376 e. The van der Waals surface area contributed by atoms with Gasteiger partial charge in [0.2, 0.25) is 0 Å². The first kappa shape index (κ1) is 13.3. The zero-order chi connectivity index (χ0) is 14.4. The van der Waals surface area contributed by atoms with E-state index in [1.807, 2.05) is 0 Å². The molecule has 2 fully saturated rings. The van der Waals surface area contributed by atoms with Gasteiger partial charge in [-0.1, -0.05) is 0 Å². The molecule has 1 heterocycles. The third-order valence-electron chi connectivity index (χ3n) is 4.24. The molecule has 7 heteroatoms. The number of ether oxygens (including phenoxy) is 1. The van der Waals surface area contributed by atoms with Gasteiger partial charge in [-0.25, -0.2) is 4.39 Å². The van der Waals surface area contributed by atoms with E-state index in [-0.39, 0.29) is 23.9 Å². The van der Waals surface area contributed by atoms with E-state index in [4.69, 9.17) is 10.5 Å². The van der Waals surface area contributed by atoms with Crippen LogP contribution in [0.4, 0.5) is 15.8 Å². The highest BCUT2D eigenvalue weighted by Crippen LogP contribution is 2.40. The molecule has 3 rings (SSSR count). The molecule has 108 valence electrons. The molecule has 0 amide bonds. The van der Waals surface area contributed by atoms with Crippen LogP contribution in [0, 0.1) is 28.8 Å². The first-order chi connectivity index (χ1) is 9.49. The van der Waals surface area contributed by atoms with Gasteiger partial charge >= 0.3 is 0 Å². The van der Waals surface area contributed by atoms with E-state index in [2.05, 4.69) is 5.32 Å². The smallest absolute Gasteiger partial charge is 0.295 e. The molecule has 0 radical (unpaired) electrons. The summed E-state index contributed by atoms with van der Waals surface area (Å²) >= 11 is 0. The normalized spacial score (nSPS) is 31.6. The van der Waals surface area contributed by atoms with E-state index in [9.17, 15) is 14.5 Å². The summed E-state index contributed by atoms with van der Waals surface area (Å²) in [5.41, 5.74) is 6.44. The second-order valence-electron chi connectivity index (χ2n) is 5.41. The number of benzene rings is 1. The third kappa shape index (κ3) is 1.94. The SMILES string of the molecule is Cc1cc(NC2C(N)C3CCOC32)c([N+](=O)[O-])cc1F. The molecule has 3 N–H and O–H groups in total. The van der Waals surface area contributed by atoms with Gasteiger partial charge in [-0.15, -0.1) is 0 Å². The van der Waals surface area contributed by atoms with Gasteiger partial charge in [0.05, 0.1) is 23.1 Å². The number of nitrogens with zero attached hydrogens (tertiary/aromatic N) is 1. The van der Waals surface area contributed by atoms with Gasteiger partial charge in [-0.05, 0) is 25.0 Å². The Bertz CT molecular complexity index is 566. The van der Waals surface area contributed by atoms with E-state index >= 15 is 0 Å². The minimum atomic E-state index is -0.595. The van der Waals surface area contributed by atoms with Crippen molar-refractivity contribution in [1.82, 2.24) is 0 Å². The van der Waals surface area contributed by atoms with Crippen molar-refractivity contribution in [3.63, 3.8) is 0 Å². The summed E-state index contributed by atoms with van der Waals surface area (Å²) in [6.45, 7) is 2.24. The molecule has 0 aromatic heterocycles. The van der Waals surface area contributed by atoms with Crippen molar-refractivity contribution in [2.45, 2.75) is 31.5 Å². The van der Waals surface area contributed by atoms with Crippen LogP contribution in [0.25, 0.3) is 0 Å². The maximum Gasteiger partial charge on any atom is 0.295 e. The molecule has 4 unspecified atom stereocenters. The van der Waals surface area contributed by atoms with Crippen molar-refractivity contribution in [2.24, 2.45) is 11.7 Å². The predicted octanol–water partition coefficient (Wildman–Crippen LogP) is 1.57. The van der Waals surface area contributed by atoms with Crippen molar-refractivity contribution in [3.8, 4) is 0 Å². The molecule has 1 saturated heterocycles. The van der Waals surface area contributed by atoms with Crippen LogP contribution < -0.4 is 11.1 Å². The van der Waals surface area contributed by atoms with Gasteiger partial charge in [0.25, 0.3) is 5.69 Å². The van der Waals surface area contributed by atoms with Crippen LogP contribution >= 0.6 is 0 Å². The lowest BCUT2D eigenvalue weighted by Crippen LogP contribution is -2.65. The molecule has 0 bridgehead atoms. The Balaban J connectivity index is 1.87. The summed E-state index contributed by atoms with van der Waals surface area (Å²) < 4.78 is 19.0. The topological polar surface area (TPSA) is 90.4 Å². The molecule has 1 saturated carbocycles. The first-order valence-corrected chi connectivity index (χ1v) is 6.57. The van der Waals surface area contributed by atoms with Crippen molar-refractivity contribution in [1.29, 1.82) is 0 Å². The summed E-state index contributed by atoms with van der Waals surface area (Å²) in [5, 5.41) is 14.1. The number of hydrogen-bond acceptors (Lipinski definition) is 5. The van der Waals surface area contributed by atoms with Crippen LogP contribution in [0.3, 0.4) is 0 Å². The Labute approximate surface area is 115 Å². The lowest BCUT2D eigenvalue weighted by Gasteiger charge is -2.46. The fraction of sp³-hybridized carbons (Fsp3) is 0.538. The van der Waals surface area contributed by atoms with E-state index in [0.29, 0.717) is 23.8 Å². The molecule has 1 aromatic rings. The van der Waals surface area contributed by atoms with Gasteiger partial charge in [0.1, 0.15) is 11.5 Å². The van der Waals surface area contributed by atoms with E-state index in [1.54, 1.807) is 6.92 Å². The van der Waals surface area contributed by atoms with Gasteiger partial charge in [0, 0.05) is 18.6 Å². The standard InChI is InChI=1S/C13H16FN3O3/c1-6-4-9(10(17(18)19)5-8(6)14)16-12-11(15)7-2-3-20-13(7)12/h4-5,7,11-13,16H,2-3,15H2,1H3. The molecular formula is C13H16FN3O3. The highest BCUT2D eigenvalue weighted by molar-refractivity contribution is 5.64. The molecule has 1 aliphatic heterocycles. The molecule has 6 nitrogen and oxygen atoms in total. The zero-order valence-electron chi connectivity index (χ0n) is 11.0. The molecule has 0 spiro atoms. The number of aryl methyl sites for hydroxylation is 1. The van der Waals surface area contributed by atoms with Crippen LogP contribution in [-0.2, 0) is 4.74 Å². The van der Waals surface area contributed by atoms with E-state index < -0.39 is 10.7 Å². The van der Waals surface area contributed by atoms with Crippen LogP contribution in [0.2, 0.25) is 0 Å². The summed E-state index contributed by atoms with van der Waals surface area (Å²) in [7, 11) is 0. The fourth-order valence-electron chi connectivity index (χ4n) is 3.04. The van der Waals surface area contributed by atoms with Gasteiger partial charge in [0.15, 0.2) is 0 Å². The van der Waals surface area contributed by atoms with Gasteiger partial charge in [-0.2, -0.15) is 0 Å². The van der Waals surface area contributed by atoms with Crippen molar-refractivity contribution < 1.29 is 14.1 Å². The van der Waals surface area contributed by atoms with E-state index in [1.165, 1.54) is 6.07 Å². The quantitative estimate of drug-likeness (QED) is 0.648. The Morgan fingerprint density at radius 1 is 1.55 bits per heavy atom. The molecule has 4 atom stereocenters. The summed E-state index contributed by atoms with van der Waals surface area (Å²) in [5.74, 6) is -0.275. The molecular weight excluding hydrogens is 265 g/mol. The lowest BCUT2D eigenvalue weighted by atomic mass is 9.72. The second kappa shape index (κ2) is 4.68. The van der Waals surface area contributed by atoms with Crippen molar-refractivity contribution in [2.75, 3.05) is 11.9 Å². The lowest BCUT2D eigenvalue weighted by molar-refractivity contribution is -0.384. The highest BCUT2D eigenvalue weighted by atomic mass is 19.1. The monoisotopic (exact) mass is 281 g/mol. The van der Waals surface area contributed by atoms with Crippen molar-refractivity contribution >= 4 is 11.4 Å². The van der Waals surface area contributed by atoms with Crippen LogP contribution in [-0.4, -0.2) is 29.7 Å². The number of anilines is 1. The maximum atomic E-state index is 13.5. The second-order valence-corrected chi connectivity index (χ2v) is 5.41. The Kier molecular flexibility index (Phi) is 3.10. The fourth-order valence-corrected chi connectivity index (χ4v) is 3.04. The Morgan fingerprint density at radius 3 is 3.00 bits per heavy atom. The molecule has 2 aliphatic rings. The number of nitrogens with one attached hydrogen (secondary N) is 1. The zero-order valence-corrected chi connectivity index (χ0v) is 11.0. The summed E-state index contributed by atoms with van der Waals surface area (Å²) in [6, 6.07) is 2.13. The maximum absolute atomic E-state index is 13.5. The first-order valence-electron chi connectivity index (χ1n) is 6.57. The van der Waals surface area contributed by atoms with Crippen LogP contribution in [0.1, 0.15) is 12.0 Å². The highest BCUT2D eigenvalue weighted by Gasteiger charge is 2.52. The minimum absolute atomic E-state index is 0.00466. The Hall–Kier alpha value is -1.73. The van der Waals surface area contributed by atoms with E-state index in [0.717, 1.165) is 12.5 Å².